The second-order valence-electron chi connectivity index (χ2n) is 7.28. The normalized spacial score (nSPS) is 11.5. The van der Waals surface area contributed by atoms with Gasteiger partial charge in [0, 0.05) is 28.1 Å². The molecule has 4 aromatic rings. The van der Waals surface area contributed by atoms with Gasteiger partial charge in [-0.15, -0.1) is 0 Å². The number of anilines is 1. The van der Waals surface area contributed by atoms with Gasteiger partial charge in [-0.2, -0.15) is 0 Å². The molecule has 0 bridgehead atoms. The summed E-state index contributed by atoms with van der Waals surface area (Å²) in [6.45, 7) is 1.75. The molecule has 4 rings (SSSR count). The number of sulfonamides is 1. The number of nitrogens with one attached hydrogen (secondary N) is 1. The lowest BCUT2D eigenvalue weighted by Crippen LogP contribution is -2.11. The number of esters is 1. The number of rotatable bonds is 6. The number of furan rings is 1. The van der Waals surface area contributed by atoms with Crippen LogP contribution in [0.2, 0.25) is 0 Å². The molecule has 0 amide bonds. The van der Waals surface area contributed by atoms with E-state index in [9.17, 15) is 22.0 Å². The highest BCUT2D eigenvalue weighted by Crippen LogP contribution is 2.40. The Morgan fingerprint density at radius 2 is 1.73 bits per heavy atom. The molecule has 0 atom stereocenters. The summed E-state index contributed by atoms with van der Waals surface area (Å²) in [6, 6.07) is 14.1. The average molecular weight is 471 g/mol. The summed E-state index contributed by atoms with van der Waals surface area (Å²) in [5, 5.41) is 0.296. The number of carbonyl (C=O) groups excluding carboxylic acids is 1. The second-order valence-corrected chi connectivity index (χ2v) is 9.03. The van der Waals surface area contributed by atoms with E-state index in [1.54, 1.807) is 13.0 Å². The van der Waals surface area contributed by atoms with Gasteiger partial charge in [-0.05, 0) is 43.3 Å². The van der Waals surface area contributed by atoms with Crippen LogP contribution >= 0.6 is 0 Å². The minimum Gasteiger partial charge on any atom is -0.462 e. The number of halogens is 2. The Morgan fingerprint density at radius 1 is 1.03 bits per heavy atom. The summed E-state index contributed by atoms with van der Waals surface area (Å²) in [6.07, 6.45) is 0.971. The van der Waals surface area contributed by atoms with E-state index in [4.69, 9.17) is 9.15 Å². The van der Waals surface area contributed by atoms with Gasteiger partial charge in [0.1, 0.15) is 28.5 Å². The largest absolute Gasteiger partial charge is 0.462 e. The van der Waals surface area contributed by atoms with Gasteiger partial charge in [0.2, 0.25) is 10.0 Å². The molecule has 0 aliphatic carbocycles. The van der Waals surface area contributed by atoms with Gasteiger partial charge in [-0.3, -0.25) is 4.72 Å². The lowest BCUT2D eigenvalue weighted by atomic mass is 9.98. The first-order valence-corrected chi connectivity index (χ1v) is 11.8. The van der Waals surface area contributed by atoms with E-state index in [0.717, 1.165) is 6.26 Å². The van der Waals surface area contributed by atoms with Crippen LogP contribution in [0, 0.1) is 11.6 Å². The topological polar surface area (TPSA) is 85.6 Å². The maximum absolute atomic E-state index is 14.6. The number of benzene rings is 3. The zero-order valence-electron chi connectivity index (χ0n) is 17.7. The predicted molar refractivity (Wildman–Crippen MR) is 121 cm³/mol. The van der Waals surface area contributed by atoms with Crippen LogP contribution in [0.3, 0.4) is 0 Å². The van der Waals surface area contributed by atoms with Crippen LogP contribution in [0.25, 0.3) is 33.4 Å². The third-order valence-corrected chi connectivity index (χ3v) is 5.46. The zero-order valence-corrected chi connectivity index (χ0v) is 18.5. The van der Waals surface area contributed by atoms with Gasteiger partial charge in [-0.1, -0.05) is 18.2 Å². The van der Waals surface area contributed by atoms with Crippen molar-refractivity contribution in [3.05, 3.63) is 77.9 Å². The number of fused-ring (bicyclic) bond motifs is 1. The summed E-state index contributed by atoms with van der Waals surface area (Å²) < 4.78 is 65.6. The Bertz CT molecular complexity index is 1460. The molecular weight excluding hydrogens is 452 g/mol. The molecule has 0 spiro atoms. The third kappa shape index (κ3) is 4.58. The standard InChI is InChI=1S/C24H19F2NO5S/c1-3-31-24(28)22-18-12-17(16-6-4-5-7-19(16)26)20(27-33(2,29)30)13-21(18)32-23(22)14-8-10-15(25)11-9-14/h4-13,27H,3H2,1-2H3. The predicted octanol–water partition coefficient (Wildman–Crippen LogP) is 5.59. The molecular formula is C24H19F2NO5S. The summed E-state index contributed by atoms with van der Waals surface area (Å²) in [5.41, 5.74) is 1.07. The highest BCUT2D eigenvalue weighted by atomic mass is 32.2. The van der Waals surface area contributed by atoms with Crippen LogP contribution in [0.5, 0.6) is 0 Å². The molecule has 6 nitrogen and oxygen atoms in total. The van der Waals surface area contributed by atoms with E-state index in [0.29, 0.717) is 10.9 Å². The molecule has 1 N–H and O–H groups in total. The van der Waals surface area contributed by atoms with Crippen molar-refractivity contribution in [3.8, 4) is 22.5 Å². The first-order chi connectivity index (χ1) is 15.7. The van der Waals surface area contributed by atoms with Crippen molar-refractivity contribution in [2.24, 2.45) is 0 Å². The van der Waals surface area contributed by atoms with Crippen LogP contribution in [-0.2, 0) is 14.8 Å². The maximum atomic E-state index is 14.6. The van der Waals surface area contributed by atoms with Crippen molar-refractivity contribution < 1.29 is 31.1 Å². The smallest absolute Gasteiger partial charge is 0.342 e. The summed E-state index contributed by atoms with van der Waals surface area (Å²) in [4.78, 5) is 12.9. The van der Waals surface area contributed by atoms with Crippen molar-refractivity contribution in [1.29, 1.82) is 0 Å². The van der Waals surface area contributed by atoms with Crippen molar-refractivity contribution in [1.82, 2.24) is 0 Å². The molecule has 0 saturated heterocycles. The van der Waals surface area contributed by atoms with Crippen molar-refractivity contribution in [2.75, 3.05) is 17.6 Å². The fourth-order valence-electron chi connectivity index (χ4n) is 3.54. The monoisotopic (exact) mass is 471 g/mol. The lowest BCUT2D eigenvalue weighted by Gasteiger charge is -2.12. The first kappa shape index (κ1) is 22.5. The number of hydrogen-bond donors (Lipinski definition) is 1. The Balaban J connectivity index is 2.06. The van der Waals surface area contributed by atoms with Gasteiger partial charge in [-0.25, -0.2) is 22.0 Å². The molecule has 0 aliphatic heterocycles. The molecule has 0 saturated carbocycles. The lowest BCUT2D eigenvalue weighted by molar-refractivity contribution is 0.0528. The first-order valence-electron chi connectivity index (χ1n) is 9.94. The maximum Gasteiger partial charge on any atom is 0.342 e. The third-order valence-electron chi connectivity index (χ3n) is 4.87. The molecule has 0 unspecified atom stereocenters. The zero-order chi connectivity index (χ0) is 23.8. The SMILES string of the molecule is CCOC(=O)c1c(-c2ccc(F)cc2)oc2cc(NS(C)(=O)=O)c(-c3ccccc3F)cc12. The quantitative estimate of drug-likeness (QED) is 0.371. The highest BCUT2D eigenvalue weighted by molar-refractivity contribution is 7.92. The molecule has 1 aromatic heterocycles. The number of carbonyl (C=O) groups is 1. The Labute approximate surface area is 188 Å². The van der Waals surface area contributed by atoms with Gasteiger partial charge in [0.05, 0.1) is 18.6 Å². The van der Waals surface area contributed by atoms with Crippen molar-refractivity contribution in [3.63, 3.8) is 0 Å². The molecule has 0 radical (unpaired) electrons. The van der Waals surface area contributed by atoms with E-state index >= 15 is 0 Å². The van der Waals surface area contributed by atoms with Crippen LogP contribution in [-0.4, -0.2) is 27.2 Å². The molecule has 9 heteroatoms. The molecule has 33 heavy (non-hydrogen) atoms. The van der Waals surface area contributed by atoms with E-state index in [1.807, 2.05) is 0 Å². The van der Waals surface area contributed by atoms with Crippen LogP contribution in [0.4, 0.5) is 14.5 Å². The van der Waals surface area contributed by atoms with E-state index in [1.165, 1.54) is 54.6 Å². The highest BCUT2D eigenvalue weighted by Gasteiger charge is 2.26. The Morgan fingerprint density at radius 3 is 2.36 bits per heavy atom. The van der Waals surface area contributed by atoms with Crippen LogP contribution < -0.4 is 4.72 Å². The molecule has 170 valence electrons. The Kier molecular flexibility index (Phi) is 5.90. The van der Waals surface area contributed by atoms with E-state index < -0.39 is 27.6 Å². The Hall–Kier alpha value is -3.72. The minimum atomic E-state index is -3.72. The van der Waals surface area contributed by atoms with Gasteiger partial charge >= 0.3 is 5.97 Å². The van der Waals surface area contributed by atoms with E-state index in [-0.39, 0.29) is 40.3 Å². The summed E-state index contributed by atoms with van der Waals surface area (Å²) in [5.74, 6) is -1.60. The average Bonchev–Trinajstić information content (AvgIpc) is 3.11. The van der Waals surface area contributed by atoms with Gasteiger partial charge < -0.3 is 9.15 Å². The van der Waals surface area contributed by atoms with Crippen molar-refractivity contribution in [2.45, 2.75) is 6.92 Å². The summed E-state index contributed by atoms with van der Waals surface area (Å²) in [7, 11) is -3.72. The molecule has 0 fully saturated rings. The van der Waals surface area contributed by atoms with Crippen LogP contribution in [0.15, 0.2) is 65.1 Å². The molecule has 3 aromatic carbocycles. The van der Waals surface area contributed by atoms with E-state index in [2.05, 4.69) is 4.72 Å². The minimum absolute atomic E-state index is 0.0713. The fourth-order valence-corrected chi connectivity index (χ4v) is 4.11. The molecule has 0 aliphatic rings. The van der Waals surface area contributed by atoms with Gasteiger partial charge in [0.15, 0.2) is 0 Å². The second kappa shape index (κ2) is 8.67. The van der Waals surface area contributed by atoms with Crippen molar-refractivity contribution >= 4 is 32.6 Å². The number of hydrogen-bond acceptors (Lipinski definition) is 5. The van der Waals surface area contributed by atoms with Crippen LogP contribution in [0.1, 0.15) is 17.3 Å². The summed E-state index contributed by atoms with van der Waals surface area (Å²) >= 11 is 0. The fraction of sp³-hybridized carbons (Fsp3) is 0.125. The molecule has 1 heterocycles. The number of ether oxygens (including phenoxy) is 1. The van der Waals surface area contributed by atoms with Gasteiger partial charge in [0.25, 0.3) is 0 Å².